The molecule has 1 aromatic heterocycles. The first-order chi connectivity index (χ1) is 12.5. The molecule has 4 nitrogen and oxygen atoms in total. The minimum atomic E-state index is -0.717. The van der Waals surface area contributed by atoms with E-state index in [2.05, 4.69) is 17.1 Å². The highest BCUT2D eigenvalue weighted by molar-refractivity contribution is 5.82. The summed E-state index contributed by atoms with van der Waals surface area (Å²) >= 11 is 0. The van der Waals surface area contributed by atoms with Gasteiger partial charge in [-0.15, -0.1) is 0 Å². The van der Waals surface area contributed by atoms with Crippen molar-refractivity contribution >= 4 is 16.7 Å². The molecule has 0 bridgehead atoms. The molecule has 2 heterocycles. The van der Waals surface area contributed by atoms with E-state index in [9.17, 15) is 13.6 Å². The normalized spacial score (nSPS) is 17.7. The number of benzene rings is 2. The van der Waals surface area contributed by atoms with Gasteiger partial charge in [0.15, 0.2) is 5.43 Å². The van der Waals surface area contributed by atoms with E-state index < -0.39 is 11.6 Å². The average molecular weight is 356 g/mol. The maximum Gasteiger partial charge on any atom is 0.193 e. The van der Waals surface area contributed by atoms with E-state index in [-0.39, 0.29) is 16.8 Å². The molecular formula is C20H18F2N2O2. The summed E-state index contributed by atoms with van der Waals surface area (Å²) < 4.78 is 32.6. The Morgan fingerprint density at radius 2 is 1.88 bits per heavy atom. The number of hydrogen-bond donors (Lipinski definition) is 1. The molecule has 4 rings (SSSR count). The van der Waals surface area contributed by atoms with Crippen LogP contribution in [0.2, 0.25) is 0 Å². The SMILES string of the molecule is CC1CN(c2ccc3oc(-c4cc(F)cc(F)c4)cc(=O)c3c2)CCN1. The lowest BCUT2D eigenvalue weighted by Gasteiger charge is -2.33. The Balaban J connectivity index is 1.76. The molecule has 26 heavy (non-hydrogen) atoms. The van der Waals surface area contributed by atoms with Gasteiger partial charge in [0.1, 0.15) is 23.0 Å². The van der Waals surface area contributed by atoms with Gasteiger partial charge in [0.2, 0.25) is 0 Å². The highest BCUT2D eigenvalue weighted by Crippen LogP contribution is 2.26. The smallest absolute Gasteiger partial charge is 0.193 e. The number of anilines is 1. The zero-order valence-corrected chi connectivity index (χ0v) is 14.3. The summed E-state index contributed by atoms with van der Waals surface area (Å²) in [5, 5.41) is 3.83. The van der Waals surface area contributed by atoms with Gasteiger partial charge < -0.3 is 14.6 Å². The molecule has 1 fully saturated rings. The predicted molar refractivity (Wildman–Crippen MR) is 97.5 cm³/mol. The van der Waals surface area contributed by atoms with Gasteiger partial charge in [-0.3, -0.25) is 4.79 Å². The van der Waals surface area contributed by atoms with Gasteiger partial charge in [0.05, 0.1) is 5.39 Å². The van der Waals surface area contributed by atoms with Gasteiger partial charge in [-0.2, -0.15) is 0 Å². The van der Waals surface area contributed by atoms with Crippen molar-refractivity contribution in [3.63, 3.8) is 0 Å². The maximum atomic E-state index is 13.4. The largest absolute Gasteiger partial charge is 0.456 e. The van der Waals surface area contributed by atoms with E-state index in [1.807, 2.05) is 12.1 Å². The van der Waals surface area contributed by atoms with Crippen molar-refractivity contribution in [3.8, 4) is 11.3 Å². The van der Waals surface area contributed by atoms with E-state index >= 15 is 0 Å². The third kappa shape index (κ3) is 3.20. The van der Waals surface area contributed by atoms with Gasteiger partial charge >= 0.3 is 0 Å². The standard InChI is InChI=1S/C20H18F2N2O2/c1-12-11-24(5-4-23-12)16-2-3-19-17(9-16)18(25)10-20(26-19)13-6-14(21)8-15(22)7-13/h2-3,6-10,12,23H,4-5,11H2,1H3. The second-order valence-corrected chi connectivity index (χ2v) is 6.61. The van der Waals surface area contributed by atoms with E-state index in [1.54, 1.807) is 6.07 Å². The van der Waals surface area contributed by atoms with Crippen LogP contribution in [0.3, 0.4) is 0 Å². The molecule has 1 atom stereocenters. The summed E-state index contributed by atoms with van der Waals surface area (Å²) in [7, 11) is 0. The van der Waals surface area contributed by atoms with Crippen LogP contribution in [0.4, 0.5) is 14.5 Å². The van der Waals surface area contributed by atoms with Gasteiger partial charge in [-0.05, 0) is 37.3 Å². The summed E-state index contributed by atoms with van der Waals surface area (Å²) in [6, 6.07) is 10.2. The van der Waals surface area contributed by atoms with Crippen LogP contribution in [-0.4, -0.2) is 25.7 Å². The lowest BCUT2D eigenvalue weighted by Crippen LogP contribution is -2.49. The second kappa shape index (κ2) is 6.53. The van der Waals surface area contributed by atoms with Crippen molar-refractivity contribution in [1.29, 1.82) is 0 Å². The molecule has 1 saturated heterocycles. The first kappa shape index (κ1) is 16.7. The van der Waals surface area contributed by atoms with Crippen molar-refractivity contribution in [2.24, 2.45) is 0 Å². The monoisotopic (exact) mass is 356 g/mol. The molecule has 1 aliphatic heterocycles. The molecule has 0 saturated carbocycles. The summed E-state index contributed by atoms with van der Waals surface area (Å²) in [6.45, 7) is 4.73. The maximum absolute atomic E-state index is 13.4. The number of fused-ring (bicyclic) bond motifs is 1. The van der Waals surface area contributed by atoms with Crippen molar-refractivity contribution < 1.29 is 13.2 Å². The van der Waals surface area contributed by atoms with Crippen molar-refractivity contribution in [2.45, 2.75) is 13.0 Å². The van der Waals surface area contributed by atoms with Gasteiger partial charge in [0.25, 0.3) is 0 Å². The fourth-order valence-electron chi connectivity index (χ4n) is 3.35. The van der Waals surface area contributed by atoms with Gasteiger partial charge in [-0.25, -0.2) is 8.78 Å². The van der Waals surface area contributed by atoms with E-state index in [4.69, 9.17) is 4.42 Å². The quantitative estimate of drug-likeness (QED) is 0.763. The molecule has 2 aromatic carbocycles. The Labute approximate surface area is 149 Å². The lowest BCUT2D eigenvalue weighted by atomic mass is 10.1. The van der Waals surface area contributed by atoms with Crippen LogP contribution in [0.5, 0.6) is 0 Å². The Hall–Kier alpha value is -2.73. The Morgan fingerprint density at radius 3 is 2.62 bits per heavy atom. The predicted octanol–water partition coefficient (Wildman–Crippen LogP) is 3.54. The molecule has 0 amide bonds. The number of rotatable bonds is 2. The topological polar surface area (TPSA) is 45.5 Å². The molecule has 0 radical (unpaired) electrons. The number of hydrogen-bond acceptors (Lipinski definition) is 4. The average Bonchev–Trinajstić information content (AvgIpc) is 2.60. The first-order valence-electron chi connectivity index (χ1n) is 8.52. The Morgan fingerprint density at radius 1 is 1.12 bits per heavy atom. The molecule has 134 valence electrons. The summed E-state index contributed by atoms with van der Waals surface area (Å²) in [5.74, 6) is -1.29. The van der Waals surface area contributed by atoms with Gasteiger partial charge in [-0.1, -0.05) is 0 Å². The van der Waals surface area contributed by atoms with Gasteiger partial charge in [0, 0.05) is 49.1 Å². The minimum Gasteiger partial charge on any atom is -0.456 e. The highest BCUT2D eigenvalue weighted by atomic mass is 19.1. The fraction of sp³-hybridized carbons (Fsp3) is 0.250. The minimum absolute atomic E-state index is 0.143. The second-order valence-electron chi connectivity index (χ2n) is 6.61. The molecule has 1 N–H and O–H groups in total. The highest BCUT2D eigenvalue weighted by Gasteiger charge is 2.17. The number of piperazine rings is 1. The van der Waals surface area contributed by atoms with Crippen molar-refractivity contribution in [3.05, 3.63) is 64.3 Å². The molecule has 1 aliphatic rings. The van der Waals surface area contributed by atoms with Crippen LogP contribution in [-0.2, 0) is 0 Å². The first-order valence-corrected chi connectivity index (χ1v) is 8.52. The third-order valence-corrected chi connectivity index (χ3v) is 4.59. The van der Waals surface area contributed by atoms with E-state index in [0.717, 1.165) is 43.5 Å². The molecule has 0 spiro atoms. The Kier molecular flexibility index (Phi) is 4.20. The van der Waals surface area contributed by atoms with Crippen LogP contribution in [0.1, 0.15) is 6.92 Å². The summed E-state index contributed by atoms with van der Waals surface area (Å²) in [5.41, 5.74) is 1.31. The van der Waals surface area contributed by atoms with Crippen molar-refractivity contribution in [1.82, 2.24) is 5.32 Å². The summed E-state index contributed by atoms with van der Waals surface area (Å²) in [6.07, 6.45) is 0. The molecule has 6 heteroatoms. The Bertz CT molecular complexity index is 1010. The van der Waals surface area contributed by atoms with Crippen LogP contribution in [0.15, 0.2) is 51.7 Å². The molecule has 0 aliphatic carbocycles. The summed E-state index contributed by atoms with van der Waals surface area (Å²) in [4.78, 5) is 14.8. The van der Waals surface area contributed by atoms with Crippen LogP contribution in [0.25, 0.3) is 22.3 Å². The van der Waals surface area contributed by atoms with Crippen LogP contribution in [0, 0.1) is 11.6 Å². The zero-order valence-electron chi connectivity index (χ0n) is 14.3. The third-order valence-electron chi connectivity index (χ3n) is 4.59. The van der Waals surface area contributed by atoms with Crippen molar-refractivity contribution in [2.75, 3.05) is 24.5 Å². The van der Waals surface area contributed by atoms with E-state index in [0.29, 0.717) is 17.0 Å². The molecule has 3 aromatic rings. The van der Waals surface area contributed by atoms with Crippen LogP contribution < -0.4 is 15.6 Å². The fourth-order valence-corrected chi connectivity index (χ4v) is 3.35. The number of halogens is 2. The molecule has 1 unspecified atom stereocenters. The van der Waals surface area contributed by atoms with Crippen LogP contribution >= 0.6 is 0 Å². The zero-order chi connectivity index (χ0) is 18.3. The number of nitrogens with zero attached hydrogens (tertiary/aromatic N) is 1. The number of nitrogens with one attached hydrogen (secondary N) is 1. The van der Waals surface area contributed by atoms with E-state index in [1.165, 1.54) is 6.07 Å². The molecular weight excluding hydrogens is 338 g/mol. The lowest BCUT2D eigenvalue weighted by molar-refractivity contribution is 0.485.